The summed E-state index contributed by atoms with van der Waals surface area (Å²) >= 11 is 0. The third kappa shape index (κ3) is 4.36. The smallest absolute Gasteiger partial charge is 0.371 e. The van der Waals surface area contributed by atoms with Crippen molar-refractivity contribution < 1.29 is 22.0 Å². The molecule has 0 aromatic carbocycles. The highest BCUT2D eigenvalue weighted by atomic mass is 32.3. The van der Waals surface area contributed by atoms with E-state index < -0.39 is 10.4 Å². The van der Waals surface area contributed by atoms with Gasteiger partial charge in [0.25, 0.3) is 11.6 Å². The first-order valence-electron chi connectivity index (χ1n) is 6.90. The van der Waals surface area contributed by atoms with Crippen LogP contribution in [0.25, 0.3) is 0 Å². The molecule has 1 fully saturated rings. The van der Waals surface area contributed by atoms with Crippen LogP contribution in [0.3, 0.4) is 0 Å². The molecule has 0 bridgehead atoms. The number of pyridine rings is 1. The maximum Gasteiger partial charge on any atom is 0.476 e. The number of hydrogen-bond donors (Lipinski definition) is 3. The van der Waals surface area contributed by atoms with Gasteiger partial charge >= 0.3 is 10.4 Å². The maximum atomic E-state index is 10.8. The Kier molecular flexibility index (Phi) is 4.73. The summed E-state index contributed by atoms with van der Waals surface area (Å²) < 4.78 is 35.3. The van der Waals surface area contributed by atoms with Crippen molar-refractivity contribution in [2.24, 2.45) is 0 Å². The number of rotatable bonds is 3. The van der Waals surface area contributed by atoms with E-state index in [0.717, 1.165) is 31.6 Å². The van der Waals surface area contributed by atoms with Crippen LogP contribution in [-0.4, -0.2) is 26.1 Å². The quantitative estimate of drug-likeness (QED) is 0.535. The predicted molar refractivity (Wildman–Crippen MR) is 78.9 cm³/mol. The molecule has 21 heavy (non-hydrogen) atoms. The average Bonchev–Trinajstić information content (AvgIpc) is 2.32. The van der Waals surface area contributed by atoms with Crippen molar-refractivity contribution in [2.45, 2.75) is 32.1 Å². The fourth-order valence-electron chi connectivity index (χ4n) is 2.48. The van der Waals surface area contributed by atoms with Gasteiger partial charge in [0.15, 0.2) is 0 Å². The summed E-state index contributed by atoms with van der Waals surface area (Å²) in [5, 5.41) is 0. The number of aromatic nitrogens is 1. The number of nitrogen functional groups attached to an aromatic ring is 2. The minimum Gasteiger partial charge on any atom is -0.371 e. The minimum absolute atomic E-state index is 0.00434. The molecule has 2 rings (SSSR count). The van der Waals surface area contributed by atoms with Gasteiger partial charge < -0.3 is 16.4 Å². The zero-order valence-electron chi connectivity index (χ0n) is 11.7. The van der Waals surface area contributed by atoms with Crippen molar-refractivity contribution in [1.29, 1.82) is 0 Å². The molecule has 0 unspecified atom stereocenters. The lowest BCUT2D eigenvalue weighted by Crippen LogP contribution is -2.50. The van der Waals surface area contributed by atoms with Crippen LogP contribution in [0, 0.1) is 0 Å². The van der Waals surface area contributed by atoms with E-state index in [1.165, 1.54) is 19.3 Å². The predicted octanol–water partition coefficient (Wildman–Crippen LogP) is 0.140. The minimum atomic E-state index is -4.68. The summed E-state index contributed by atoms with van der Waals surface area (Å²) in [6, 6.07) is 3.17. The molecule has 5 N–H and O–H groups in total. The molecule has 0 saturated carbocycles. The van der Waals surface area contributed by atoms with E-state index in [1.807, 2.05) is 0 Å². The van der Waals surface area contributed by atoms with Gasteiger partial charge in [-0.15, -0.1) is 0 Å². The standard InChI is InChI=1S/C12H20N4O4S/c13-11-8-10(15-6-4-2-1-3-5-7-15)9-12(14)16(11)20-21(17,18)19/h8-9H,1-7H2,(H4,13,14,17,18,19)/p+1. The SMILES string of the molecule is Nc1cc(N2CCCCCCC2)cc(N)[n+]1OS(=O)(=O)O. The Morgan fingerprint density at radius 1 is 1.05 bits per heavy atom. The van der Waals surface area contributed by atoms with Gasteiger partial charge in [-0.2, -0.15) is 8.42 Å². The monoisotopic (exact) mass is 317 g/mol. The van der Waals surface area contributed by atoms with Crippen LogP contribution in [0.4, 0.5) is 17.3 Å². The fourth-order valence-corrected chi connectivity index (χ4v) is 2.84. The lowest BCUT2D eigenvalue weighted by molar-refractivity contribution is -0.833. The molecular formula is C12H21N4O4S+. The van der Waals surface area contributed by atoms with Crippen LogP contribution in [0.15, 0.2) is 12.1 Å². The number of nitrogens with zero attached hydrogens (tertiary/aromatic N) is 2. The number of nitrogens with two attached hydrogens (primary N) is 2. The van der Waals surface area contributed by atoms with Crippen molar-refractivity contribution in [3.05, 3.63) is 12.1 Å². The fraction of sp³-hybridized carbons (Fsp3) is 0.583. The van der Waals surface area contributed by atoms with E-state index >= 15 is 0 Å². The lowest BCUT2D eigenvalue weighted by Gasteiger charge is -2.26. The van der Waals surface area contributed by atoms with Gasteiger partial charge in [0, 0.05) is 25.2 Å². The Labute approximate surface area is 124 Å². The first-order chi connectivity index (χ1) is 9.87. The van der Waals surface area contributed by atoms with Gasteiger partial charge in [-0.3, -0.25) is 4.55 Å². The van der Waals surface area contributed by atoms with Crippen molar-refractivity contribution in [3.8, 4) is 0 Å². The van der Waals surface area contributed by atoms with Crippen molar-refractivity contribution in [1.82, 2.24) is 0 Å². The Morgan fingerprint density at radius 2 is 1.52 bits per heavy atom. The molecule has 9 heteroatoms. The maximum absolute atomic E-state index is 10.8. The molecule has 0 radical (unpaired) electrons. The van der Waals surface area contributed by atoms with E-state index in [4.69, 9.17) is 16.0 Å². The van der Waals surface area contributed by atoms with Gasteiger partial charge in [0.2, 0.25) is 0 Å². The summed E-state index contributed by atoms with van der Waals surface area (Å²) in [6.45, 7) is 1.81. The van der Waals surface area contributed by atoms with Crippen molar-refractivity contribution in [3.63, 3.8) is 0 Å². The Hall–Kier alpha value is -1.74. The Morgan fingerprint density at radius 3 is 2.00 bits per heavy atom. The Bertz CT molecular complexity index is 574. The third-order valence-electron chi connectivity index (χ3n) is 3.45. The van der Waals surface area contributed by atoms with Crippen LogP contribution in [0.1, 0.15) is 32.1 Å². The summed E-state index contributed by atoms with van der Waals surface area (Å²) in [5.41, 5.74) is 12.3. The normalized spacial score (nSPS) is 17.1. The van der Waals surface area contributed by atoms with E-state index in [0.29, 0.717) is 4.73 Å². The topological polar surface area (TPSA) is 123 Å². The van der Waals surface area contributed by atoms with E-state index in [2.05, 4.69) is 9.18 Å². The van der Waals surface area contributed by atoms with Gasteiger partial charge in [0.1, 0.15) is 0 Å². The van der Waals surface area contributed by atoms with Crippen molar-refractivity contribution >= 4 is 27.7 Å². The molecule has 1 saturated heterocycles. The van der Waals surface area contributed by atoms with E-state index in [1.54, 1.807) is 12.1 Å². The summed E-state index contributed by atoms with van der Waals surface area (Å²) in [6.07, 6.45) is 5.84. The van der Waals surface area contributed by atoms with Gasteiger partial charge in [0.05, 0.1) is 5.69 Å². The molecule has 1 aromatic rings. The second-order valence-corrected chi connectivity index (χ2v) is 6.12. The molecule has 0 atom stereocenters. The zero-order chi connectivity index (χ0) is 15.5. The van der Waals surface area contributed by atoms with Gasteiger partial charge in [-0.05, 0) is 17.6 Å². The molecule has 118 valence electrons. The Balaban J connectivity index is 2.25. The van der Waals surface area contributed by atoms with Crippen LogP contribution in [0.5, 0.6) is 0 Å². The lowest BCUT2D eigenvalue weighted by atomic mass is 10.1. The molecule has 0 amide bonds. The molecule has 0 spiro atoms. The zero-order valence-corrected chi connectivity index (χ0v) is 12.6. The van der Waals surface area contributed by atoms with Crippen LogP contribution >= 0.6 is 0 Å². The second kappa shape index (κ2) is 6.35. The molecule has 1 aromatic heterocycles. The number of anilines is 3. The highest BCUT2D eigenvalue weighted by Crippen LogP contribution is 2.21. The largest absolute Gasteiger partial charge is 0.476 e. The molecule has 2 heterocycles. The highest BCUT2D eigenvalue weighted by Gasteiger charge is 2.20. The average molecular weight is 317 g/mol. The summed E-state index contributed by atoms with van der Waals surface area (Å²) in [4.78, 5) is 2.17. The van der Waals surface area contributed by atoms with Crippen molar-refractivity contribution in [2.75, 3.05) is 29.5 Å². The van der Waals surface area contributed by atoms with Crippen LogP contribution < -0.4 is 25.4 Å². The molecule has 8 nitrogen and oxygen atoms in total. The summed E-state index contributed by atoms with van der Waals surface area (Å²) in [5.74, 6) is 0.00867. The summed E-state index contributed by atoms with van der Waals surface area (Å²) in [7, 11) is -4.68. The van der Waals surface area contributed by atoms with E-state index in [-0.39, 0.29) is 11.6 Å². The number of hydrogen-bond acceptors (Lipinski definition) is 6. The second-order valence-electron chi connectivity index (χ2n) is 5.11. The first kappa shape index (κ1) is 15.6. The van der Waals surface area contributed by atoms with Crippen LogP contribution in [-0.2, 0) is 10.4 Å². The molecule has 1 aliphatic rings. The molecule has 0 aliphatic carbocycles. The van der Waals surface area contributed by atoms with Gasteiger partial charge in [-0.25, -0.2) is 4.28 Å². The first-order valence-corrected chi connectivity index (χ1v) is 8.27. The van der Waals surface area contributed by atoms with Crippen LogP contribution in [0.2, 0.25) is 0 Å². The van der Waals surface area contributed by atoms with Gasteiger partial charge in [-0.1, -0.05) is 19.3 Å². The van der Waals surface area contributed by atoms with E-state index in [9.17, 15) is 8.42 Å². The molecule has 1 aliphatic heterocycles. The highest BCUT2D eigenvalue weighted by molar-refractivity contribution is 7.80. The molecular weight excluding hydrogens is 296 g/mol. The third-order valence-corrected chi connectivity index (χ3v) is 3.79.